The third-order valence-corrected chi connectivity index (χ3v) is 8.11. The van der Waals surface area contributed by atoms with Crippen molar-refractivity contribution in [3.05, 3.63) is 66.2 Å². The first kappa shape index (κ1) is 27.8. The molecule has 0 spiro atoms. The Labute approximate surface area is 236 Å². The van der Waals surface area contributed by atoms with E-state index < -0.39 is 12.6 Å². The molecule has 212 valence electrons. The second-order valence-electron chi connectivity index (χ2n) is 10.7. The zero-order chi connectivity index (χ0) is 27.9. The van der Waals surface area contributed by atoms with Crippen LogP contribution in [0.2, 0.25) is 0 Å². The number of benzene rings is 3. The second-order valence-corrected chi connectivity index (χ2v) is 10.7. The lowest BCUT2D eigenvalue weighted by Gasteiger charge is -2.36. The molecule has 8 heteroatoms. The van der Waals surface area contributed by atoms with Gasteiger partial charge in [0.15, 0.2) is 6.61 Å². The molecule has 1 N–H and O–H groups in total. The van der Waals surface area contributed by atoms with Crippen molar-refractivity contribution in [2.75, 3.05) is 57.9 Å². The standard InChI is InChI=1S/C32H39N3O5/c1-33(24-7-2-3-8-24)17-6-22-39-26-13-11-25(12-14-26)34-18-20-35(21-19-34)32(38)29-15-16-30(40-23-31(36)37)28-10-5-4-9-27(28)29/h4-5,9-16,24H,2-3,6-8,17-23H2,1H3,(H,36,37). The van der Waals surface area contributed by atoms with Gasteiger partial charge in [-0.05, 0) is 68.1 Å². The molecule has 3 aromatic carbocycles. The molecule has 0 unspecified atom stereocenters. The van der Waals surface area contributed by atoms with Crippen molar-refractivity contribution in [3.8, 4) is 11.5 Å². The molecular weight excluding hydrogens is 506 g/mol. The summed E-state index contributed by atoms with van der Waals surface area (Å²) in [5.74, 6) is 0.289. The Morgan fingerprint density at radius 2 is 1.60 bits per heavy atom. The summed E-state index contributed by atoms with van der Waals surface area (Å²) in [7, 11) is 2.23. The predicted octanol–water partition coefficient (Wildman–Crippen LogP) is 4.91. The maximum Gasteiger partial charge on any atom is 0.341 e. The number of ether oxygens (including phenoxy) is 2. The highest BCUT2D eigenvalue weighted by Crippen LogP contribution is 2.30. The third kappa shape index (κ3) is 6.67. The van der Waals surface area contributed by atoms with Crippen LogP contribution in [0.15, 0.2) is 60.7 Å². The molecule has 1 aliphatic carbocycles. The van der Waals surface area contributed by atoms with Gasteiger partial charge < -0.3 is 29.3 Å². The maximum atomic E-state index is 13.5. The first-order chi connectivity index (χ1) is 19.5. The molecule has 1 heterocycles. The maximum absolute atomic E-state index is 13.5. The molecule has 0 radical (unpaired) electrons. The number of carboxylic acid groups (broad SMARTS) is 1. The Kier molecular flexibility index (Phi) is 9.06. The molecule has 1 amide bonds. The molecule has 5 rings (SSSR count). The molecule has 0 bridgehead atoms. The highest BCUT2D eigenvalue weighted by molar-refractivity contribution is 6.08. The number of aliphatic carboxylic acids is 1. The van der Waals surface area contributed by atoms with E-state index in [0.717, 1.165) is 60.9 Å². The minimum atomic E-state index is -1.04. The van der Waals surface area contributed by atoms with Crippen molar-refractivity contribution in [1.82, 2.24) is 9.80 Å². The number of hydrogen-bond acceptors (Lipinski definition) is 6. The molecule has 1 saturated carbocycles. The molecule has 1 saturated heterocycles. The molecule has 2 aliphatic rings. The van der Waals surface area contributed by atoms with Crippen molar-refractivity contribution >= 4 is 28.3 Å². The van der Waals surface area contributed by atoms with Crippen molar-refractivity contribution in [2.24, 2.45) is 0 Å². The summed E-state index contributed by atoms with van der Waals surface area (Å²) in [5, 5.41) is 10.5. The number of anilines is 1. The van der Waals surface area contributed by atoms with Crippen LogP contribution in [0.3, 0.4) is 0 Å². The smallest absolute Gasteiger partial charge is 0.341 e. The Bertz CT molecular complexity index is 1300. The predicted molar refractivity (Wildman–Crippen MR) is 157 cm³/mol. The molecule has 0 aromatic heterocycles. The van der Waals surface area contributed by atoms with E-state index in [1.165, 1.54) is 25.7 Å². The van der Waals surface area contributed by atoms with Gasteiger partial charge in [0.2, 0.25) is 0 Å². The fraction of sp³-hybridized carbons (Fsp3) is 0.438. The number of nitrogens with zero attached hydrogens (tertiary/aromatic N) is 3. The van der Waals surface area contributed by atoms with Gasteiger partial charge in [0.05, 0.1) is 6.61 Å². The second kappa shape index (κ2) is 13.0. The molecule has 1 aliphatic heterocycles. The van der Waals surface area contributed by atoms with Gasteiger partial charge in [-0.3, -0.25) is 4.79 Å². The van der Waals surface area contributed by atoms with Crippen molar-refractivity contribution in [1.29, 1.82) is 0 Å². The van der Waals surface area contributed by atoms with E-state index in [1.807, 2.05) is 41.3 Å². The minimum absolute atomic E-state index is 0.0250. The van der Waals surface area contributed by atoms with E-state index >= 15 is 0 Å². The number of amides is 1. The monoisotopic (exact) mass is 545 g/mol. The fourth-order valence-electron chi connectivity index (χ4n) is 5.85. The van der Waals surface area contributed by atoms with Crippen LogP contribution in [0.5, 0.6) is 11.5 Å². The number of carbonyl (C=O) groups excluding carboxylic acids is 1. The van der Waals surface area contributed by atoms with Crippen molar-refractivity contribution < 1.29 is 24.2 Å². The van der Waals surface area contributed by atoms with E-state index in [2.05, 4.69) is 29.0 Å². The number of hydrogen-bond donors (Lipinski definition) is 1. The van der Waals surface area contributed by atoms with E-state index in [9.17, 15) is 9.59 Å². The number of fused-ring (bicyclic) bond motifs is 1. The Balaban J connectivity index is 1.12. The average Bonchev–Trinajstić information content (AvgIpc) is 3.53. The summed E-state index contributed by atoms with van der Waals surface area (Å²) >= 11 is 0. The van der Waals surface area contributed by atoms with E-state index in [0.29, 0.717) is 24.4 Å². The zero-order valence-corrected chi connectivity index (χ0v) is 23.3. The molecule has 0 atom stereocenters. The van der Waals surface area contributed by atoms with Crippen LogP contribution in [0.25, 0.3) is 10.8 Å². The van der Waals surface area contributed by atoms with Crippen molar-refractivity contribution in [3.63, 3.8) is 0 Å². The highest BCUT2D eigenvalue weighted by atomic mass is 16.5. The van der Waals surface area contributed by atoms with Gasteiger partial charge in [-0.15, -0.1) is 0 Å². The lowest BCUT2D eigenvalue weighted by atomic mass is 10.0. The topological polar surface area (TPSA) is 82.5 Å². The summed E-state index contributed by atoms with van der Waals surface area (Å²) in [6.45, 7) is 4.11. The first-order valence-corrected chi connectivity index (χ1v) is 14.3. The van der Waals surface area contributed by atoms with Crippen LogP contribution in [-0.4, -0.2) is 85.8 Å². The lowest BCUT2D eigenvalue weighted by molar-refractivity contribution is -0.139. The van der Waals surface area contributed by atoms with Gasteiger partial charge in [-0.1, -0.05) is 37.1 Å². The Hall–Kier alpha value is -3.78. The Morgan fingerprint density at radius 1 is 0.900 bits per heavy atom. The Morgan fingerprint density at radius 3 is 2.30 bits per heavy atom. The fourth-order valence-corrected chi connectivity index (χ4v) is 5.85. The van der Waals surface area contributed by atoms with Gasteiger partial charge in [0.25, 0.3) is 5.91 Å². The van der Waals surface area contributed by atoms with Gasteiger partial charge >= 0.3 is 5.97 Å². The zero-order valence-electron chi connectivity index (χ0n) is 23.3. The lowest BCUT2D eigenvalue weighted by Crippen LogP contribution is -2.48. The molecule has 2 fully saturated rings. The number of carbonyl (C=O) groups is 2. The molecule has 8 nitrogen and oxygen atoms in total. The SMILES string of the molecule is CN(CCCOc1ccc(N2CCN(C(=O)c3ccc(OCC(=O)O)c4ccccc34)CC2)cc1)C1CCCC1. The first-order valence-electron chi connectivity index (χ1n) is 14.3. The van der Waals surface area contributed by atoms with Crippen LogP contribution in [-0.2, 0) is 4.79 Å². The normalized spacial score (nSPS) is 16.1. The van der Waals surface area contributed by atoms with Crippen LogP contribution >= 0.6 is 0 Å². The average molecular weight is 546 g/mol. The summed E-state index contributed by atoms with van der Waals surface area (Å²) in [5.41, 5.74) is 1.73. The van der Waals surface area contributed by atoms with Crippen LogP contribution in [0, 0.1) is 0 Å². The molecule has 40 heavy (non-hydrogen) atoms. The minimum Gasteiger partial charge on any atom is -0.494 e. The summed E-state index contributed by atoms with van der Waals surface area (Å²) in [6.07, 6.45) is 6.41. The van der Waals surface area contributed by atoms with Gasteiger partial charge in [-0.25, -0.2) is 4.79 Å². The van der Waals surface area contributed by atoms with E-state index in [1.54, 1.807) is 12.1 Å². The third-order valence-electron chi connectivity index (χ3n) is 8.11. The van der Waals surface area contributed by atoms with Gasteiger partial charge in [-0.2, -0.15) is 0 Å². The molecule has 3 aromatic rings. The van der Waals surface area contributed by atoms with Crippen LogP contribution < -0.4 is 14.4 Å². The van der Waals surface area contributed by atoms with Crippen LogP contribution in [0.1, 0.15) is 42.5 Å². The summed E-state index contributed by atoms with van der Waals surface area (Å²) in [6, 6.07) is 19.9. The quantitative estimate of drug-likeness (QED) is 0.343. The van der Waals surface area contributed by atoms with E-state index in [4.69, 9.17) is 14.6 Å². The number of rotatable bonds is 11. The van der Waals surface area contributed by atoms with E-state index in [-0.39, 0.29) is 5.91 Å². The van der Waals surface area contributed by atoms with Gasteiger partial charge in [0, 0.05) is 55.4 Å². The number of carboxylic acids is 1. The van der Waals surface area contributed by atoms with Gasteiger partial charge in [0.1, 0.15) is 11.5 Å². The van der Waals surface area contributed by atoms with Crippen LogP contribution in [0.4, 0.5) is 5.69 Å². The largest absolute Gasteiger partial charge is 0.494 e. The summed E-state index contributed by atoms with van der Waals surface area (Å²) < 4.78 is 11.4. The highest BCUT2D eigenvalue weighted by Gasteiger charge is 2.24. The number of piperazine rings is 1. The summed E-state index contributed by atoms with van der Waals surface area (Å²) in [4.78, 5) is 31.1. The molecular formula is C32H39N3O5. The van der Waals surface area contributed by atoms with Crippen molar-refractivity contribution in [2.45, 2.75) is 38.1 Å².